The largest absolute Gasteiger partial charge is 0.459 e. The van der Waals surface area contributed by atoms with Gasteiger partial charge < -0.3 is 20.3 Å². The van der Waals surface area contributed by atoms with Crippen molar-refractivity contribution in [2.45, 2.75) is 32.9 Å². The molecule has 0 aliphatic carbocycles. The molecule has 8 heteroatoms. The number of anilines is 1. The monoisotopic (exact) mass is 425 g/mol. The molecular formula is C23H24FN3O4. The molecule has 162 valence electrons. The Bertz CT molecular complexity index is 1030. The van der Waals surface area contributed by atoms with Gasteiger partial charge in [0.2, 0.25) is 0 Å². The zero-order valence-electron chi connectivity index (χ0n) is 17.7. The van der Waals surface area contributed by atoms with Crippen LogP contribution in [-0.2, 0) is 9.53 Å². The summed E-state index contributed by atoms with van der Waals surface area (Å²) in [4.78, 5) is 38.7. The summed E-state index contributed by atoms with van der Waals surface area (Å²) in [7, 11) is 1.58. The Morgan fingerprint density at radius 3 is 2.29 bits per heavy atom. The van der Waals surface area contributed by atoms with Gasteiger partial charge in [-0.1, -0.05) is 12.1 Å². The van der Waals surface area contributed by atoms with E-state index in [9.17, 15) is 18.8 Å². The number of nitrogens with zero attached hydrogens (tertiary/aromatic N) is 1. The number of esters is 1. The van der Waals surface area contributed by atoms with Crippen LogP contribution in [0.2, 0.25) is 0 Å². The van der Waals surface area contributed by atoms with E-state index in [1.54, 1.807) is 52.1 Å². The number of amides is 3. The minimum absolute atomic E-state index is 0.305. The lowest BCUT2D eigenvalue weighted by atomic mass is 9.95. The maximum atomic E-state index is 13.0. The van der Waals surface area contributed by atoms with Gasteiger partial charge in [-0.2, -0.15) is 0 Å². The van der Waals surface area contributed by atoms with Crippen molar-refractivity contribution >= 4 is 23.6 Å². The number of hydrogen-bond acceptors (Lipinski definition) is 4. The van der Waals surface area contributed by atoms with Crippen molar-refractivity contribution < 1.29 is 23.5 Å². The fraction of sp³-hybridized carbons (Fsp3) is 0.261. The molecule has 31 heavy (non-hydrogen) atoms. The molecule has 3 amide bonds. The maximum absolute atomic E-state index is 13.0. The number of carbonyl (C=O) groups excluding carboxylic acids is 3. The van der Waals surface area contributed by atoms with Gasteiger partial charge in [0.05, 0.1) is 17.7 Å². The van der Waals surface area contributed by atoms with E-state index in [0.717, 1.165) is 0 Å². The smallest absolute Gasteiger partial charge is 0.338 e. The van der Waals surface area contributed by atoms with Gasteiger partial charge in [-0.3, -0.25) is 4.79 Å². The Balaban J connectivity index is 1.84. The van der Waals surface area contributed by atoms with Gasteiger partial charge in [0, 0.05) is 24.0 Å². The van der Waals surface area contributed by atoms with E-state index in [0.29, 0.717) is 28.1 Å². The molecule has 1 aliphatic rings. The third-order valence-corrected chi connectivity index (χ3v) is 4.92. The summed E-state index contributed by atoms with van der Waals surface area (Å²) in [6.45, 7) is 5.21. The Morgan fingerprint density at radius 2 is 1.71 bits per heavy atom. The summed E-state index contributed by atoms with van der Waals surface area (Å²) in [5, 5.41) is 5.55. The lowest BCUT2D eigenvalue weighted by Gasteiger charge is -2.33. The minimum Gasteiger partial charge on any atom is -0.459 e. The van der Waals surface area contributed by atoms with Crippen molar-refractivity contribution in [2.24, 2.45) is 0 Å². The third kappa shape index (κ3) is 4.91. The fourth-order valence-corrected chi connectivity index (χ4v) is 3.19. The molecule has 0 saturated carbocycles. The topological polar surface area (TPSA) is 87.7 Å². The van der Waals surface area contributed by atoms with Gasteiger partial charge in [-0.05, 0) is 62.7 Å². The summed E-state index contributed by atoms with van der Waals surface area (Å²) in [6.07, 6.45) is -0.305. The molecule has 2 N–H and O–H groups in total. The van der Waals surface area contributed by atoms with Crippen LogP contribution in [0.4, 0.5) is 14.9 Å². The van der Waals surface area contributed by atoms with Crippen LogP contribution in [0.1, 0.15) is 42.7 Å². The normalized spacial score (nSPS) is 16.3. The number of rotatable bonds is 5. The molecule has 0 spiro atoms. The Morgan fingerprint density at radius 1 is 1.10 bits per heavy atom. The van der Waals surface area contributed by atoms with Crippen molar-refractivity contribution in [3.8, 4) is 0 Å². The third-order valence-electron chi connectivity index (χ3n) is 4.92. The highest BCUT2D eigenvalue weighted by Gasteiger charge is 2.35. The zero-order chi connectivity index (χ0) is 22.7. The summed E-state index contributed by atoms with van der Waals surface area (Å²) in [5.41, 5.74) is 2.36. The molecule has 1 heterocycles. The van der Waals surface area contributed by atoms with E-state index in [1.165, 1.54) is 29.2 Å². The van der Waals surface area contributed by atoms with Crippen molar-refractivity contribution in [1.82, 2.24) is 10.2 Å². The van der Waals surface area contributed by atoms with Gasteiger partial charge in [-0.25, -0.2) is 14.0 Å². The SMILES string of the molecule is CC1=C(C(=O)OC(C)C)C(c2ccc(NC(=O)c3ccc(F)cc3)cc2)NC(=O)N1C. The van der Waals surface area contributed by atoms with E-state index in [2.05, 4.69) is 10.6 Å². The van der Waals surface area contributed by atoms with Crippen LogP contribution in [0.5, 0.6) is 0 Å². The predicted molar refractivity (Wildman–Crippen MR) is 114 cm³/mol. The second-order valence-electron chi connectivity index (χ2n) is 7.48. The number of allylic oxidation sites excluding steroid dienone is 1. The standard InChI is InChI=1S/C23H24FN3O4/c1-13(2)31-22(29)19-14(3)27(4)23(30)26-20(19)15-7-11-18(12-8-15)25-21(28)16-5-9-17(24)10-6-16/h5-13,20H,1-4H3,(H,25,28)(H,26,30). The van der Waals surface area contributed by atoms with E-state index in [1.807, 2.05) is 0 Å². The Labute approximate surface area is 179 Å². The van der Waals surface area contributed by atoms with Gasteiger partial charge in [0.15, 0.2) is 0 Å². The van der Waals surface area contributed by atoms with E-state index in [4.69, 9.17) is 4.74 Å². The van der Waals surface area contributed by atoms with Crippen molar-refractivity contribution in [3.63, 3.8) is 0 Å². The van der Waals surface area contributed by atoms with Crippen molar-refractivity contribution in [3.05, 3.63) is 76.7 Å². The molecule has 7 nitrogen and oxygen atoms in total. The summed E-state index contributed by atoms with van der Waals surface area (Å²) in [6, 6.07) is 11.0. The molecule has 2 aromatic carbocycles. The highest BCUT2D eigenvalue weighted by Crippen LogP contribution is 2.31. The predicted octanol–water partition coefficient (Wildman–Crippen LogP) is 4.00. The number of hydrogen-bond donors (Lipinski definition) is 2. The first kappa shape index (κ1) is 22.0. The minimum atomic E-state index is -0.684. The molecule has 3 rings (SSSR count). The van der Waals surface area contributed by atoms with E-state index in [-0.39, 0.29) is 18.0 Å². The highest BCUT2D eigenvalue weighted by atomic mass is 19.1. The lowest BCUT2D eigenvalue weighted by Crippen LogP contribution is -2.46. The molecule has 0 saturated heterocycles. The number of benzene rings is 2. The summed E-state index contributed by atoms with van der Waals surface area (Å²) >= 11 is 0. The van der Waals surface area contributed by atoms with E-state index >= 15 is 0 Å². The van der Waals surface area contributed by atoms with Crippen LogP contribution in [0.25, 0.3) is 0 Å². The highest BCUT2D eigenvalue weighted by molar-refractivity contribution is 6.04. The number of halogens is 1. The van der Waals surface area contributed by atoms with Crippen LogP contribution in [0, 0.1) is 5.82 Å². The zero-order valence-corrected chi connectivity index (χ0v) is 17.7. The van der Waals surface area contributed by atoms with Gasteiger partial charge >= 0.3 is 12.0 Å². The molecule has 0 fully saturated rings. The average molecular weight is 425 g/mol. The molecule has 2 aromatic rings. The Kier molecular flexibility index (Phi) is 6.39. The van der Waals surface area contributed by atoms with Crippen molar-refractivity contribution in [2.75, 3.05) is 12.4 Å². The lowest BCUT2D eigenvalue weighted by molar-refractivity contribution is -0.143. The van der Waals surface area contributed by atoms with Gasteiger partial charge in [0.1, 0.15) is 5.82 Å². The van der Waals surface area contributed by atoms with E-state index < -0.39 is 17.8 Å². The van der Waals surface area contributed by atoms with Crippen LogP contribution >= 0.6 is 0 Å². The molecular weight excluding hydrogens is 401 g/mol. The first-order valence-corrected chi connectivity index (χ1v) is 9.80. The number of nitrogens with one attached hydrogen (secondary N) is 2. The molecule has 1 aliphatic heterocycles. The maximum Gasteiger partial charge on any atom is 0.338 e. The van der Waals surface area contributed by atoms with Crippen LogP contribution in [0.15, 0.2) is 59.8 Å². The first-order chi connectivity index (χ1) is 14.7. The fourth-order valence-electron chi connectivity index (χ4n) is 3.19. The summed E-state index contributed by atoms with van der Waals surface area (Å²) in [5.74, 6) is -1.30. The summed E-state index contributed by atoms with van der Waals surface area (Å²) < 4.78 is 18.4. The number of ether oxygens (including phenoxy) is 1. The molecule has 0 bridgehead atoms. The van der Waals surface area contributed by atoms with Crippen LogP contribution in [-0.4, -0.2) is 36.0 Å². The van der Waals surface area contributed by atoms with Gasteiger partial charge in [-0.15, -0.1) is 0 Å². The van der Waals surface area contributed by atoms with Gasteiger partial charge in [0.25, 0.3) is 5.91 Å². The number of carbonyl (C=O) groups is 3. The molecule has 1 atom stereocenters. The second kappa shape index (κ2) is 8.99. The van der Waals surface area contributed by atoms with Crippen molar-refractivity contribution in [1.29, 1.82) is 0 Å². The quantitative estimate of drug-likeness (QED) is 0.709. The molecule has 0 aromatic heterocycles. The Hall–Kier alpha value is -3.68. The van der Waals surface area contributed by atoms with Crippen LogP contribution in [0.3, 0.4) is 0 Å². The average Bonchev–Trinajstić information content (AvgIpc) is 2.72. The molecule has 1 unspecified atom stereocenters. The molecule has 0 radical (unpaired) electrons. The number of urea groups is 1. The first-order valence-electron chi connectivity index (χ1n) is 9.80. The van der Waals surface area contributed by atoms with Crippen LogP contribution < -0.4 is 10.6 Å². The second-order valence-corrected chi connectivity index (χ2v) is 7.48.